The van der Waals surface area contributed by atoms with Crippen molar-refractivity contribution in [2.24, 2.45) is 35.5 Å². The monoisotopic (exact) mass is 392 g/mol. The smallest absolute Gasteiger partial charge is 0.134 e. The Morgan fingerprint density at radius 1 is 0.778 bits per heavy atom. The summed E-state index contributed by atoms with van der Waals surface area (Å²) in [4.78, 5) is 0. The van der Waals surface area contributed by atoms with Crippen molar-refractivity contribution < 1.29 is 21.2 Å². The van der Waals surface area contributed by atoms with Gasteiger partial charge >= 0.3 is 0 Å². The van der Waals surface area contributed by atoms with Gasteiger partial charge in [0.15, 0.2) is 0 Å². The molecule has 3 fully saturated rings. The van der Waals surface area contributed by atoms with E-state index in [9.17, 15) is 8.78 Å². The minimum atomic E-state index is -1.20. The molecule has 4 N–H and O–H groups in total. The second-order valence-electron chi connectivity index (χ2n) is 9.12. The highest BCUT2D eigenvalue weighted by Gasteiger charge is 2.46. The molecule has 0 aromatic rings. The number of halogens is 2. The van der Waals surface area contributed by atoms with Crippen LogP contribution >= 0.6 is 0 Å². The maximum Gasteiger partial charge on any atom is 0.134 e. The van der Waals surface area contributed by atoms with Gasteiger partial charge in [-0.15, -0.1) is 6.58 Å². The third kappa shape index (κ3) is 6.25. The third-order valence-corrected chi connectivity index (χ3v) is 7.62. The van der Waals surface area contributed by atoms with Crippen LogP contribution in [0, 0.1) is 35.5 Å². The van der Waals surface area contributed by atoms with Crippen LogP contribution in [0.5, 0.6) is 0 Å². The lowest BCUT2D eigenvalue weighted by Gasteiger charge is -2.44. The first-order valence-corrected chi connectivity index (χ1v) is 10.5. The molecule has 0 aromatic carbocycles. The van der Waals surface area contributed by atoms with E-state index in [1.807, 2.05) is 6.08 Å². The van der Waals surface area contributed by atoms with E-state index in [1.165, 1.54) is 25.7 Å². The number of allylic oxidation sites excluding steroid dienone is 1. The molecule has 3 saturated carbocycles. The van der Waals surface area contributed by atoms with Gasteiger partial charge in [-0.25, -0.2) is 8.78 Å². The first-order chi connectivity index (χ1) is 11.6. The highest BCUT2D eigenvalue weighted by atomic mass is 19.2. The van der Waals surface area contributed by atoms with Gasteiger partial charge in [-0.3, -0.25) is 0 Å². The summed E-state index contributed by atoms with van der Waals surface area (Å²) in [5, 5.41) is 0. The van der Waals surface area contributed by atoms with Gasteiger partial charge < -0.3 is 11.0 Å². The van der Waals surface area contributed by atoms with E-state index >= 15 is 0 Å². The maximum atomic E-state index is 15.0. The largest absolute Gasteiger partial charge is 0.412 e. The number of hydrogen-bond acceptors (Lipinski definition) is 0. The first kappa shape index (κ1) is 26.5. The quantitative estimate of drug-likeness (QED) is 0.517. The summed E-state index contributed by atoms with van der Waals surface area (Å²) in [6.07, 6.45) is 11.8. The topological polar surface area (TPSA) is 63.0 Å². The van der Waals surface area contributed by atoms with Crippen molar-refractivity contribution in [2.45, 2.75) is 97.3 Å². The molecule has 0 aromatic heterocycles. The summed E-state index contributed by atoms with van der Waals surface area (Å²) in [6, 6.07) is 0. The molecule has 27 heavy (non-hydrogen) atoms. The molecule has 0 heterocycles. The summed E-state index contributed by atoms with van der Waals surface area (Å²) in [7, 11) is 0. The Bertz CT molecular complexity index is 407. The van der Waals surface area contributed by atoms with Gasteiger partial charge in [0.1, 0.15) is 12.3 Å². The zero-order chi connectivity index (χ0) is 17.1. The van der Waals surface area contributed by atoms with Crippen LogP contribution in [0.15, 0.2) is 12.7 Å². The Balaban J connectivity index is 0. The van der Waals surface area contributed by atoms with Crippen LogP contribution in [-0.4, -0.2) is 23.3 Å². The first-order valence-electron chi connectivity index (χ1n) is 10.5. The number of rotatable bonds is 4. The van der Waals surface area contributed by atoms with Crippen molar-refractivity contribution in [3.05, 3.63) is 12.7 Å². The van der Waals surface area contributed by atoms with Crippen LogP contribution in [-0.2, 0) is 0 Å². The van der Waals surface area contributed by atoms with Crippen molar-refractivity contribution in [2.75, 3.05) is 0 Å². The lowest BCUT2D eigenvalue weighted by atomic mass is 9.63. The van der Waals surface area contributed by atoms with E-state index < -0.39 is 12.3 Å². The van der Waals surface area contributed by atoms with Crippen LogP contribution < -0.4 is 0 Å². The Labute approximate surface area is 167 Å². The Morgan fingerprint density at radius 2 is 1.19 bits per heavy atom. The summed E-state index contributed by atoms with van der Waals surface area (Å²) < 4.78 is 29.9. The second-order valence-corrected chi connectivity index (χ2v) is 9.12. The molecule has 4 heteroatoms. The minimum absolute atomic E-state index is 0. The molecule has 0 saturated heterocycles. The second kappa shape index (κ2) is 12.2. The molecule has 0 amide bonds. The van der Waals surface area contributed by atoms with Crippen LogP contribution in [0.1, 0.15) is 86.4 Å². The van der Waals surface area contributed by atoms with E-state index in [0.29, 0.717) is 11.8 Å². The van der Waals surface area contributed by atoms with Crippen LogP contribution in [0.3, 0.4) is 0 Å². The van der Waals surface area contributed by atoms with Gasteiger partial charge in [0.25, 0.3) is 0 Å². The SMILES string of the molecule is C.C=CCC1CCC(C2CCC(C3CCC(C)CC3)C(F)C2F)CC1.O.O.[HH]. The Hall–Kier alpha value is -0.480. The molecular formula is C23H46F2O2. The molecule has 4 atom stereocenters. The van der Waals surface area contributed by atoms with E-state index in [-0.39, 0.29) is 31.6 Å². The van der Waals surface area contributed by atoms with E-state index in [4.69, 9.17) is 0 Å². The van der Waals surface area contributed by atoms with E-state index in [0.717, 1.165) is 56.8 Å². The fraction of sp³-hybridized carbons (Fsp3) is 0.913. The van der Waals surface area contributed by atoms with E-state index in [2.05, 4.69) is 13.5 Å². The number of hydrogen-bond donors (Lipinski definition) is 0. The fourth-order valence-electron chi connectivity index (χ4n) is 5.97. The van der Waals surface area contributed by atoms with Gasteiger partial charge in [-0.1, -0.05) is 33.3 Å². The Kier molecular flexibility index (Phi) is 11.9. The third-order valence-electron chi connectivity index (χ3n) is 7.62. The molecule has 0 radical (unpaired) electrons. The zero-order valence-electron chi connectivity index (χ0n) is 16.4. The van der Waals surface area contributed by atoms with Crippen molar-refractivity contribution in [3.8, 4) is 0 Å². The molecule has 3 rings (SSSR count). The van der Waals surface area contributed by atoms with Gasteiger partial charge in [0, 0.05) is 1.43 Å². The predicted octanol–water partition coefficient (Wildman–Crippen LogP) is 6.13. The van der Waals surface area contributed by atoms with Gasteiger partial charge in [-0.05, 0) is 93.3 Å². The van der Waals surface area contributed by atoms with Gasteiger partial charge in [0.05, 0.1) is 0 Å². The summed E-state index contributed by atoms with van der Waals surface area (Å²) >= 11 is 0. The van der Waals surface area contributed by atoms with Crippen molar-refractivity contribution in [1.29, 1.82) is 0 Å². The molecule has 4 unspecified atom stereocenters. The zero-order valence-corrected chi connectivity index (χ0v) is 16.4. The summed E-state index contributed by atoms with van der Waals surface area (Å²) in [6.45, 7) is 6.13. The highest BCUT2D eigenvalue weighted by molar-refractivity contribution is 4.95. The lowest BCUT2D eigenvalue weighted by Crippen LogP contribution is -2.45. The van der Waals surface area contributed by atoms with Crippen LogP contribution in [0.4, 0.5) is 8.78 Å². The molecule has 0 bridgehead atoms. The number of alkyl halides is 2. The van der Waals surface area contributed by atoms with Crippen LogP contribution in [0.25, 0.3) is 0 Å². The molecule has 164 valence electrons. The van der Waals surface area contributed by atoms with E-state index in [1.54, 1.807) is 0 Å². The fourth-order valence-corrected chi connectivity index (χ4v) is 5.97. The lowest BCUT2D eigenvalue weighted by molar-refractivity contribution is -0.0362. The van der Waals surface area contributed by atoms with Gasteiger partial charge in [0.2, 0.25) is 0 Å². The Morgan fingerprint density at radius 3 is 1.59 bits per heavy atom. The molecule has 3 aliphatic carbocycles. The maximum absolute atomic E-state index is 15.0. The molecular weight excluding hydrogens is 346 g/mol. The predicted molar refractivity (Wildman–Crippen MR) is 113 cm³/mol. The highest BCUT2D eigenvalue weighted by Crippen LogP contribution is 2.48. The molecule has 2 nitrogen and oxygen atoms in total. The van der Waals surface area contributed by atoms with Crippen molar-refractivity contribution >= 4 is 0 Å². The molecule has 3 aliphatic rings. The molecule has 0 aliphatic heterocycles. The average molecular weight is 393 g/mol. The minimum Gasteiger partial charge on any atom is -0.412 e. The van der Waals surface area contributed by atoms with Gasteiger partial charge in [-0.2, -0.15) is 0 Å². The summed E-state index contributed by atoms with van der Waals surface area (Å²) in [5.74, 6) is 2.37. The van der Waals surface area contributed by atoms with Crippen molar-refractivity contribution in [3.63, 3.8) is 0 Å². The van der Waals surface area contributed by atoms with Crippen molar-refractivity contribution in [1.82, 2.24) is 0 Å². The summed E-state index contributed by atoms with van der Waals surface area (Å²) in [5.41, 5.74) is 0. The normalized spacial score (nSPS) is 42.0. The van der Waals surface area contributed by atoms with Crippen LogP contribution in [0.2, 0.25) is 0 Å². The molecule has 0 spiro atoms. The average Bonchev–Trinajstić information content (AvgIpc) is 2.59. The standard InChI is InChI=1S/C22H36F2.CH4.2H2O.H2/c1-3-4-16-7-11-18(12-8-16)20-14-13-19(21(23)22(20)24)17-9-5-15(2)6-10-17;;;;/h3,15-22H,1,4-14H2,2H3;1H4;2*1H2;1H.